The molecule has 0 bridgehead atoms. The average molecular weight is 775 g/mol. The van der Waals surface area contributed by atoms with Crippen molar-refractivity contribution < 1.29 is 75.7 Å². The molecule has 2 aromatic rings. The standard InChI is InChI=1S/C23H37N8O16P3/c1-23(2,19(35)14(33)7-3-5-13(32)6-4-8-29-30-25)10-44-50(41,42)47-49(39,40)43-9-15-18(46-48(36,37)38)17(34)22(45-15)31-12-28-16-20(24)26-11-27-21(16)31/h11-12,15,17-19,22,34-35H,3-10H2,1-2H3,(H,39,40)(H,41,42)(H2,24,26,27)(H2,36,37,38)/t15?,17?,18?,19-,22?/m0/s1. The van der Waals surface area contributed by atoms with Crippen molar-refractivity contribution in [2.45, 2.75) is 76.6 Å². The number of hydrogen-bond acceptors (Lipinski definition) is 17. The predicted molar refractivity (Wildman–Crippen MR) is 166 cm³/mol. The van der Waals surface area contributed by atoms with E-state index in [1.54, 1.807) is 0 Å². The van der Waals surface area contributed by atoms with E-state index in [0.29, 0.717) is 6.42 Å². The lowest BCUT2D eigenvalue weighted by atomic mass is 9.84. The summed E-state index contributed by atoms with van der Waals surface area (Å²) in [6.45, 7) is 0.767. The number of ketones is 2. The fourth-order valence-electron chi connectivity index (χ4n) is 4.65. The van der Waals surface area contributed by atoms with Gasteiger partial charge in [-0.3, -0.25) is 27.7 Å². The number of phosphoric ester groups is 3. The van der Waals surface area contributed by atoms with Gasteiger partial charge in [-0.1, -0.05) is 19.0 Å². The number of phosphoric acid groups is 3. The number of carbonyl (C=O) groups is 2. The molecule has 0 aromatic carbocycles. The number of aliphatic hydroxyl groups is 2. The molecule has 0 saturated carbocycles. The maximum Gasteiger partial charge on any atom is 0.481 e. The van der Waals surface area contributed by atoms with Gasteiger partial charge in [-0.25, -0.2) is 28.6 Å². The number of nitrogens with two attached hydrogens (primary N) is 1. The van der Waals surface area contributed by atoms with Crippen LogP contribution >= 0.6 is 23.5 Å². The van der Waals surface area contributed by atoms with Gasteiger partial charge in [0.15, 0.2) is 23.5 Å². The molecule has 8 N–H and O–H groups in total. The highest BCUT2D eigenvalue weighted by Crippen LogP contribution is 2.61. The molecule has 3 rings (SSSR count). The number of ether oxygens (including phenoxy) is 1. The molecule has 24 nitrogen and oxygen atoms in total. The molecule has 7 atom stereocenters. The molecule has 1 fully saturated rings. The molecule has 0 radical (unpaired) electrons. The van der Waals surface area contributed by atoms with Crippen LogP contribution in [-0.2, 0) is 45.9 Å². The first-order valence-corrected chi connectivity index (χ1v) is 19.1. The van der Waals surface area contributed by atoms with Crippen molar-refractivity contribution in [3.63, 3.8) is 0 Å². The average Bonchev–Trinajstić information content (AvgIpc) is 3.57. The number of imidazole rings is 1. The minimum Gasteiger partial charge on any atom is -0.386 e. The second-order valence-corrected chi connectivity index (χ2v) is 15.8. The van der Waals surface area contributed by atoms with Gasteiger partial charge in [-0.05, 0) is 18.4 Å². The summed E-state index contributed by atoms with van der Waals surface area (Å²) in [6.07, 6.45) is -6.17. The Bertz CT molecular complexity index is 1710. The third kappa shape index (κ3) is 11.9. The van der Waals surface area contributed by atoms with Crippen LogP contribution in [-0.4, -0.2) is 105 Å². The van der Waals surface area contributed by atoms with Crippen molar-refractivity contribution in [2.75, 3.05) is 25.5 Å². The Morgan fingerprint density at radius 1 is 1.10 bits per heavy atom. The van der Waals surface area contributed by atoms with Crippen LogP contribution in [0, 0.1) is 5.41 Å². The maximum atomic E-state index is 12.6. The molecular formula is C23H37N8O16P3. The van der Waals surface area contributed by atoms with Gasteiger partial charge in [0.05, 0.1) is 19.5 Å². The predicted octanol–water partition coefficient (Wildman–Crippen LogP) is 1.18. The molecule has 1 aliphatic rings. The van der Waals surface area contributed by atoms with Gasteiger partial charge in [0, 0.05) is 36.1 Å². The van der Waals surface area contributed by atoms with E-state index in [9.17, 15) is 53.1 Å². The molecule has 27 heteroatoms. The van der Waals surface area contributed by atoms with Gasteiger partial charge in [0.25, 0.3) is 0 Å². The number of nitrogen functional groups attached to an aromatic ring is 1. The molecule has 1 saturated heterocycles. The SMILES string of the molecule is CC(C)(COP(=O)(O)OP(=O)(O)OCC1OC(n2cnc3c(N)ncnc32)C(O)C1OP(=O)(O)O)[C@@H](O)C(=O)CCCC(=O)CCCN=[N+]=[N-]. The summed E-state index contributed by atoms with van der Waals surface area (Å²) >= 11 is 0. The molecular weight excluding hydrogens is 737 g/mol. The number of carbonyl (C=O) groups excluding carboxylic acids is 2. The number of aliphatic hydroxyl groups excluding tert-OH is 2. The van der Waals surface area contributed by atoms with Gasteiger partial charge >= 0.3 is 23.5 Å². The van der Waals surface area contributed by atoms with Crippen molar-refractivity contribution in [3.8, 4) is 0 Å². The zero-order valence-electron chi connectivity index (χ0n) is 26.5. The Morgan fingerprint density at radius 3 is 2.42 bits per heavy atom. The number of rotatable bonds is 21. The normalized spacial score (nSPS) is 22.8. The van der Waals surface area contributed by atoms with Gasteiger partial charge in [0.2, 0.25) is 0 Å². The van der Waals surface area contributed by atoms with Crippen LogP contribution in [0.3, 0.4) is 0 Å². The Balaban J connectivity index is 1.57. The number of aromatic nitrogens is 4. The zero-order valence-corrected chi connectivity index (χ0v) is 29.2. The number of hydrogen-bond donors (Lipinski definition) is 7. The molecule has 280 valence electrons. The second kappa shape index (κ2) is 17.2. The molecule has 50 heavy (non-hydrogen) atoms. The Labute approximate surface area is 283 Å². The third-order valence-corrected chi connectivity index (χ3v) is 10.2. The van der Waals surface area contributed by atoms with E-state index >= 15 is 0 Å². The Kier molecular flexibility index (Phi) is 14.3. The van der Waals surface area contributed by atoms with Crippen LogP contribution in [0.25, 0.3) is 21.6 Å². The van der Waals surface area contributed by atoms with Crippen molar-refractivity contribution >= 4 is 52.0 Å². The summed E-state index contributed by atoms with van der Waals surface area (Å²) in [5, 5.41) is 24.7. The molecule has 6 unspecified atom stereocenters. The quantitative estimate of drug-likeness (QED) is 0.0308. The highest BCUT2D eigenvalue weighted by Gasteiger charge is 2.50. The number of anilines is 1. The van der Waals surface area contributed by atoms with Gasteiger partial charge in [-0.15, -0.1) is 0 Å². The minimum absolute atomic E-state index is 0.0271. The van der Waals surface area contributed by atoms with E-state index in [-0.39, 0.29) is 55.0 Å². The topological polar surface area (TPSA) is 371 Å². The zero-order chi connectivity index (χ0) is 37.5. The number of nitrogens with zero attached hydrogens (tertiary/aromatic N) is 7. The largest absolute Gasteiger partial charge is 0.481 e. The van der Waals surface area contributed by atoms with E-state index in [2.05, 4.69) is 33.8 Å². The second-order valence-electron chi connectivity index (χ2n) is 11.6. The molecule has 0 amide bonds. The first-order valence-electron chi connectivity index (χ1n) is 14.6. The maximum absolute atomic E-state index is 12.6. The lowest BCUT2D eigenvalue weighted by Gasteiger charge is -2.30. The van der Waals surface area contributed by atoms with E-state index in [4.69, 9.17) is 25.0 Å². The van der Waals surface area contributed by atoms with Gasteiger partial charge in [-0.2, -0.15) is 4.31 Å². The van der Waals surface area contributed by atoms with Crippen molar-refractivity contribution in [3.05, 3.63) is 23.1 Å². The van der Waals surface area contributed by atoms with Crippen LogP contribution in [0.2, 0.25) is 0 Å². The van der Waals surface area contributed by atoms with Crippen molar-refractivity contribution in [1.82, 2.24) is 19.5 Å². The van der Waals surface area contributed by atoms with E-state index in [1.807, 2.05) is 0 Å². The summed E-state index contributed by atoms with van der Waals surface area (Å²) < 4.78 is 61.9. The number of Topliss-reactive ketones (excluding diaryl/α,β-unsaturated/α-hetero) is 2. The van der Waals surface area contributed by atoms with E-state index in [0.717, 1.165) is 17.2 Å². The van der Waals surface area contributed by atoms with E-state index in [1.165, 1.54) is 13.8 Å². The highest BCUT2D eigenvalue weighted by molar-refractivity contribution is 7.61. The van der Waals surface area contributed by atoms with E-state index < -0.39 is 78.5 Å². The molecule has 2 aromatic heterocycles. The fraction of sp³-hybridized carbons (Fsp3) is 0.696. The molecule has 0 aliphatic carbocycles. The first-order chi connectivity index (χ1) is 23.2. The van der Waals surface area contributed by atoms with Crippen LogP contribution < -0.4 is 5.73 Å². The third-order valence-electron chi connectivity index (χ3n) is 7.14. The highest BCUT2D eigenvalue weighted by atomic mass is 31.3. The number of azide groups is 1. The molecule has 1 aliphatic heterocycles. The Hall–Kier alpha value is -2.75. The van der Waals surface area contributed by atoms with Gasteiger partial charge < -0.3 is 40.3 Å². The molecule has 3 heterocycles. The Morgan fingerprint density at radius 2 is 1.76 bits per heavy atom. The summed E-state index contributed by atoms with van der Waals surface area (Å²) in [6, 6.07) is 0. The van der Waals surface area contributed by atoms with Crippen LogP contribution in [0.1, 0.15) is 52.2 Å². The summed E-state index contributed by atoms with van der Waals surface area (Å²) in [5.74, 6) is -0.929. The summed E-state index contributed by atoms with van der Waals surface area (Å²) in [4.78, 5) is 77.7. The smallest absolute Gasteiger partial charge is 0.386 e. The lowest BCUT2D eigenvalue weighted by Crippen LogP contribution is -2.39. The lowest BCUT2D eigenvalue weighted by molar-refractivity contribution is -0.134. The minimum atomic E-state index is -5.54. The fourth-order valence-corrected chi connectivity index (χ4v) is 7.48. The van der Waals surface area contributed by atoms with Gasteiger partial charge in [0.1, 0.15) is 42.0 Å². The monoisotopic (exact) mass is 774 g/mol. The van der Waals surface area contributed by atoms with Crippen molar-refractivity contribution in [2.24, 2.45) is 10.5 Å². The number of fused-ring (bicyclic) bond motifs is 1. The summed E-state index contributed by atoms with van der Waals surface area (Å²) in [5.41, 5.74) is 12.6. The molecule has 0 spiro atoms. The van der Waals surface area contributed by atoms with Crippen LogP contribution in [0.4, 0.5) is 5.82 Å². The van der Waals surface area contributed by atoms with Crippen LogP contribution in [0.15, 0.2) is 17.8 Å². The first kappa shape index (κ1) is 41.7. The van der Waals surface area contributed by atoms with Crippen molar-refractivity contribution in [1.29, 1.82) is 0 Å². The van der Waals surface area contributed by atoms with Crippen LogP contribution in [0.5, 0.6) is 0 Å². The summed E-state index contributed by atoms with van der Waals surface area (Å²) in [7, 11) is -16.3.